The molecule has 1 saturated carbocycles. The molecule has 1 atom stereocenters. The van der Waals surface area contributed by atoms with Crippen LogP contribution >= 0.6 is 0 Å². The Morgan fingerprint density at radius 2 is 1.78 bits per heavy atom. The SMILES string of the molecule is CC(C)c1ccc(C(CC(=O)O)C2CCC2)cc1. The van der Waals surface area contributed by atoms with Crippen LogP contribution in [0.3, 0.4) is 0 Å². The third-order valence-corrected chi connectivity index (χ3v) is 4.14. The van der Waals surface area contributed by atoms with Gasteiger partial charge in [-0.2, -0.15) is 0 Å². The number of hydrogen-bond acceptors (Lipinski definition) is 1. The quantitative estimate of drug-likeness (QED) is 0.846. The number of benzene rings is 1. The van der Waals surface area contributed by atoms with Crippen molar-refractivity contribution in [3.63, 3.8) is 0 Å². The summed E-state index contributed by atoms with van der Waals surface area (Å²) in [6.45, 7) is 4.35. The zero-order valence-electron chi connectivity index (χ0n) is 11.2. The first-order chi connectivity index (χ1) is 8.58. The van der Waals surface area contributed by atoms with Crippen LogP contribution in [0, 0.1) is 5.92 Å². The summed E-state index contributed by atoms with van der Waals surface area (Å²) in [4.78, 5) is 11.0. The van der Waals surface area contributed by atoms with Gasteiger partial charge in [0.05, 0.1) is 6.42 Å². The topological polar surface area (TPSA) is 37.3 Å². The molecule has 18 heavy (non-hydrogen) atoms. The Bertz CT molecular complexity index is 402. The van der Waals surface area contributed by atoms with Gasteiger partial charge in [-0.1, -0.05) is 44.5 Å². The lowest BCUT2D eigenvalue weighted by Gasteiger charge is -2.33. The number of rotatable bonds is 5. The number of carboxylic acids is 1. The van der Waals surface area contributed by atoms with Crippen LogP contribution in [-0.2, 0) is 4.79 Å². The molecule has 0 spiro atoms. The zero-order valence-corrected chi connectivity index (χ0v) is 11.2. The summed E-state index contributed by atoms with van der Waals surface area (Å²) in [5.74, 6) is 0.629. The second-order valence-corrected chi connectivity index (χ2v) is 5.72. The van der Waals surface area contributed by atoms with Gasteiger partial charge in [-0.25, -0.2) is 0 Å². The summed E-state index contributed by atoms with van der Waals surface area (Å²) >= 11 is 0. The normalized spacial score (nSPS) is 17.5. The summed E-state index contributed by atoms with van der Waals surface area (Å²) in [5, 5.41) is 9.06. The first-order valence-electron chi connectivity index (χ1n) is 6.89. The van der Waals surface area contributed by atoms with Crippen LogP contribution in [0.15, 0.2) is 24.3 Å². The zero-order chi connectivity index (χ0) is 13.1. The highest BCUT2D eigenvalue weighted by atomic mass is 16.4. The molecule has 98 valence electrons. The molecule has 2 rings (SSSR count). The molecule has 0 aliphatic heterocycles. The fraction of sp³-hybridized carbons (Fsp3) is 0.562. The minimum absolute atomic E-state index is 0.206. The first kappa shape index (κ1) is 13.1. The van der Waals surface area contributed by atoms with Crippen LogP contribution in [0.25, 0.3) is 0 Å². The Morgan fingerprint density at radius 1 is 1.22 bits per heavy atom. The lowest BCUT2D eigenvalue weighted by atomic mass is 9.71. The van der Waals surface area contributed by atoms with Gasteiger partial charge in [-0.3, -0.25) is 4.79 Å². The molecule has 1 unspecified atom stereocenters. The third kappa shape index (κ3) is 2.92. The van der Waals surface area contributed by atoms with Crippen molar-refractivity contribution >= 4 is 5.97 Å². The van der Waals surface area contributed by atoms with Crippen LogP contribution in [-0.4, -0.2) is 11.1 Å². The molecule has 1 fully saturated rings. The fourth-order valence-electron chi connectivity index (χ4n) is 2.72. The maximum Gasteiger partial charge on any atom is 0.303 e. The van der Waals surface area contributed by atoms with E-state index < -0.39 is 5.97 Å². The van der Waals surface area contributed by atoms with E-state index in [0.717, 1.165) is 0 Å². The number of carboxylic acid groups (broad SMARTS) is 1. The highest BCUT2D eigenvalue weighted by Crippen LogP contribution is 2.41. The Balaban J connectivity index is 2.16. The molecule has 0 saturated heterocycles. The van der Waals surface area contributed by atoms with Crippen LogP contribution in [0.4, 0.5) is 0 Å². The van der Waals surface area contributed by atoms with E-state index >= 15 is 0 Å². The average molecular weight is 246 g/mol. The monoisotopic (exact) mass is 246 g/mol. The summed E-state index contributed by atoms with van der Waals surface area (Å²) in [6, 6.07) is 8.55. The van der Waals surface area contributed by atoms with E-state index in [1.165, 1.54) is 30.4 Å². The molecule has 0 heterocycles. The van der Waals surface area contributed by atoms with Gasteiger partial charge in [0.2, 0.25) is 0 Å². The van der Waals surface area contributed by atoms with Crippen molar-refractivity contribution in [2.24, 2.45) is 5.92 Å². The Hall–Kier alpha value is -1.31. The smallest absolute Gasteiger partial charge is 0.303 e. The van der Waals surface area contributed by atoms with Gasteiger partial charge < -0.3 is 5.11 Å². The molecule has 0 amide bonds. The summed E-state index contributed by atoms with van der Waals surface area (Å²) in [7, 11) is 0. The van der Waals surface area contributed by atoms with Gasteiger partial charge in [0, 0.05) is 0 Å². The highest BCUT2D eigenvalue weighted by Gasteiger charge is 2.30. The van der Waals surface area contributed by atoms with E-state index in [0.29, 0.717) is 11.8 Å². The van der Waals surface area contributed by atoms with Crippen molar-refractivity contribution in [2.75, 3.05) is 0 Å². The lowest BCUT2D eigenvalue weighted by molar-refractivity contribution is -0.138. The van der Waals surface area contributed by atoms with Crippen molar-refractivity contribution in [3.8, 4) is 0 Å². The molecule has 1 aromatic rings. The Labute approximate surface area is 109 Å². The fourth-order valence-corrected chi connectivity index (χ4v) is 2.72. The Kier molecular flexibility index (Phi) is 4.05. The van der Waals surface area contributed by atoms with Crippen LogP contribution in [0.2, 0.25) is 0 Å². The summed E-state index contributed by atoms with van der Waals surface area (Å²) in [5.41, 5.74) is 2.52. The minimum atomic E-state index is -0.681. The maximum atomic E-state index is 11.0. The van der Waals surface area contributed by atoms with Gasteiger partial charge in [-0.05, 0) is 41.7 Å². The van der Waals surface area contributed by atoms with Gasteiger partial charge in [0.25, 0.3) is 0 Å². The van der Waals surface area contributed by atoms with Crippen molar-refractivity contribution in [2.45, 2.75) is 51.4 Å². The van der Waals surface area contributed by atoms with Gasteiger partial charge in [0.1, 0.15) is 0 Å². The molecule has 1 aromatic carbocycles. The van der Waals surface area contributed by atoms with Crippen LogP contribution in [0.1, 0.15) is 62.5 Å². The molecular weight excluding hydrogens is 224 g/mol. The van der Waals surface area contributed by atoms with Crippen molar-refractivity contribution in [1.29, 1.82) is 0 Å². The van der Waals surface area contributed by atoms with Crippen LogP contribution in [0.5, 0.6) is 0 Å². The number of hydrogen-bond donors (Lipinski definition) is 1. The molecule has 1 aliphatic rings. The summed E-state index contributed by atoms with van der Waals surface area (Å²) in [6.07, 6.45) is 3.89. The highest BCUT2D eigenvalue weighted by molar-refractivity contribution is 5.68. The number of carbonyl (C=O) groups is 1. The van der Waals surface area contributed by atoms with Crippen molar-refractivity contribution < 1.29 is 9.90 Å². The standard InChI is InChI=1S/C16H22O2/c1-11(2)12-6-8-14(9-7-12)15(10-16(17)18)13-4-3-5-13/h6-9,11,13,15H,3-5,10H2,1-2H3,(H,17,18). The molecule has 0 aromatic heterocycles. The van der Waals surface area contributed by atoms with Crippen LogP contribution < -0.4 is 0 Å². The van der Waals surface area contributed by atoms with E-state index in [2.05, 4.69) is 38.1 Å². The van der Waals surface area contributed by atoms with Crippen molar-refractivity contribution in [1.82, 2.24) is 0 Å². The third-order valence-electron chi connectivity index (χ3n) is 4.14. The van der Waals surface area contributed by atoms with E-state index in [-0.39, 0.29) is 12.3 Å². The molecule has 1 aliphatic carbocycles. The lowest BCUT2D eigenvalue weighted by Crippen LogP contribution is -2.22. The van der Waals surface area contributed by atoms with Crippen molar-refractivity contribution in [3.05, 3.63) is 35.4 Å². The molecule has 2 heteroatoms. The molecule has 1 N–H and O–H groups in total. The van der Waals surface area contributed by atoms with E-state index in [4.69, 9.17) is 5.11 Å². The average Bonchev–Trinajstić information content (AvgIpc) is 2.25. The molecular formula is C16H22O2. The van der Waals surface area contributed by atoms with E-state index in [1.54, 1.807) is 0 Å². The second kappa shape index (κ2) is 5.55. The molecule has 2 nitrogen and oxygen atoms in total. The number of aliphatic carboxylic acids is 1. The van der Waals surface area contributed by atoms with Gasteiger partial charge in [0.15, 0.2) is 0 Å². The first-order valence-corrected chi connectivity index (χ1v) is 6.89. The molecule has 0 radical (unpaired) electrons. The van der Waals surface area contributed by atoms with E-state index in [9.17, 15) is 4.79 Å². The van der Waals surface area contributed by atoms with Gasteiger partial charge in [-0.15, -0.1) is 0 Å². The predicted octanol–water partition coefficient (Wildman–Crippen LogP) is 4.17. The van der Waals surface area contributed by atoms with E-state index in [1.807, 2.05) is 0 Å². The Morgan fingerprint density at radius 3 is 2.17 bits per heavy atom. The second-order valence-electron chi connectivity index (χ2n) is 5.72. The largest absolute Gasteiger partial charge is 0.481 e. The minimum Gasteiger partial charge on any atom is -0.481 e. The maximum absolute atomic E-state index is 11.0. The summed E-state index contributed by atoms with van der Waals surface area (Å²) < 4.78 is 0. The van der Waals surface area contributed by atoms with Gasteiger partial charge >= 0.3 is 5.97 Å². The predicted molar refractivity (Wildman–Crippen MR) is 72.9 cm³/mol. The molecule has 0 bridgehead atoms.